The average Bonchev–Trinajstić information content (AvgIpc) is 2.88. The van der Waals surface area contributed by atoms with Crippen LogP contribution in [-0.4, -0.2) is 45.1 Å². The summed E-state index contributed by atoms with van der Waals surface area (Å²) in [6, 6.07) is 0. The molecule has 0 radical (unpaired) electrons. The number of hydrogen-bond acceptors (Lipinski definition) is 3. The molecule has 0 spiro atoms. The number of carbonyl (C=O) groups excluding carboxylic acids is 2. The summed E-state index contributed by atoms with van der Waals surface area (Å²) in [6.45, 7) is -0.565. The van der Waals surface area contributed by atoms with Crippen molar-refractivity contribution in [3.05, 3.63) is 0 Å². The summed E-state index contributed by atoms with van der Waals surface area (Å²) in [5, 5.41) is 8.11. The molecule has 0 aromatic rings. The van der Waals surface area contributed by atoms with E-state index in [2.05, 4.69) is 0 Å². The second-order valence-electron chi connectivity index (χ2n) is 5.16. The highest BCUT2D eigenvalue weighted by molar-refractivity contribution is 6.31. The zero-order chi connectivity index (χ0) is 13.2. The lowest BCUT2D eigenvalue weighted by atomic mass is 9.80. The zero-order valence-corrected chi connectivity index (χ0v) is 10.8. The largest absolute Gasteiger partial charge is 0.480 e. The SMILES string of the molecule is O=C(O)CN1C(=O)[C@@H]2[C@H]3C[C@@H]([C@@H](Cl)[C@H]3Cl)[C@H]2C1=O. The van der Waals surface area contributed by atoms with E-state index in [9.17, 15) is 14.4 Å². The third kappa shape index (κ3) is 1.37. The van der Waals surface area contributed by atoms with Crippen LogP contribution < -0.4 is 0 Å². The van der Waals surface area contributed by atoms with Crippen molar-refractivity contribution in [1.82, 2.24) is 4.90 Å². The maximum atomic E-state index is 12.1. The molecule has 1 saturated heterocycles. The van der Waals surface area contributed by atoms with Crippen molar-refractivity contribution < 1.29 is 19.5 Å². The number of carboxylic acid groups (broad SMARTS) is 1. The molecular formula is C11H11Cl2NO4. The Balaban J connectivity index is 1.92. The van der Waals surface area contributed by atoms with Crippen LogP contribution in [-0.2, 0) is 14.4 Å². The van der Waals surface area contributed by atoms with Gasteiger partial charge < -0.3 is 5.11 Å². The Kier molecular flexibility index (Phi) is 2.61. The first-order valence-corrected chi connectivity index (χ1v) is 6.66. The molecule has 18 heavy (non-hydrogen) atoms. The first-order chi connectivity index (χ1) is 8.43. The molecule has 0 aromatic carbocycles. The van der Waals surface area contributed by atoms with Gasteiger partial charge in [0.25, 0.3) is 0 Å². The highest BCUT2D eigenvalue weighted by Gasteiger charge is 2.66. The van der Waals surface area contributed by atoms with E-state index in [4.69, 9.17) is 28.3 Å². The first kappa shape index (κ1) is 12.2. The normalized spacial score (nSPS) is 45.8. The van der Waals surface area contributed by atoms with Gasteiger partial charge in [0.2, 0.25) is 11.8 Å². The van der Waals surface area contributed by atoms with Crippen LogP contribution in [0.25, 0.3) is 0 Å². The predicted octanol–water partition coefficient (Wildman–Crippen LogP) is 0.537. The fourth-order valence-corrected chi connectivity index (χ4v) is 4.59. The molecular weight excluding hydrogens is 281 g/mol. The lowest BCUT2D eigenvalue weighted by Crippen LogP contribution is -2.37. The standard InChI is InChI=1S/C11H11Cl2NO4/c12-8-3-1-4(9(8)13)7-6(3)10(17)14(11(7)18)2-5(15)16/h3-4,6-9H,1-2H2,(H,15,16)/t3-,4-,6-,7-,8-,9+/m1/s1. The van der Waals surface area contributed by atoms with Crippen molar-refractivity contribution in [2.45, 2.75) is 17.2 Å². The summed E-state index contributed by atoms with van der Waals surface area (Å²) in [4.78, 5) is 35.7. The van der Waals surface area contributed by atoms with E-state index in [1.54, 1.807) is 0 Å². The van der Waals surface area contributed by atoms with E-state index < -0.39 is 36.2 Å². The van der Waals surface area contributed by atoms with E-state index in [1.165, 1.54) is 0 Å². The van der Waals surface area contributed by atoms with Crippen molar-refractivity contribution in [3.8, 4) is 0 Å². The molecule has 2 aliphatic carbocycles. The Morgan fingerprint density at radius 2 is 1.61 bits per heavy atom. The second-order valence-corrected chi connectivity index (χ2v) is 6.17. The Labute approximate surface area is 113 Å². The number of carboxylic acids is 1. The number of aliphatic carboxylic acids is 1. The maximum Gasteiger partial charge on any atom is 0.323 e. The number of alkyl halides is 2. The quantitative estimate of drug-likeness (QED) is 0.595. The van der Waals surface area contributed by atoms with Gasteiger partial charge in [0.1, 0.15) is 6.54 Å². The van der Waals surface area contributed by atoms with Crippen LogP contribution >= 0.6 is 23.2 Å². The van der Waals surface area contributed by atoms with Gasteiger partial charge in [0.15, 0.2) is 0 Å². The molecule has 2 amide bonds. The molecule has 5 nitrogen and oxygen atoms in total. The fraction of sp³-hybridized carbons (Fsp3) is 0.727. The summed E-state index contributed by atoms with van der Waals surface area (Å²) in [5.41, 5.74) is 0. The van der Waals surface area contributed by atoms with Crippen LogP contribution in [0, 0.1) is 23.7 Å². The van der Waals surface area contributed by atoms with Crippen molar-refractivity contribution in [2.24, 2.45) is 23.7 Å². The minimum Gasteiger partial charge on any atom is -0.480 e. The third-order valence-electron chi connectivity index (χ3n) is 4.37. The molecule has 98 valence electrons. The lowest BCUT2D eigenvalue weighted by Gasteiger charge is -2.28. The summed E-state index contributed by atoms with van der Waals surface area (Å²) in [5.74, 6) is -3.09. The number of amides is 2. The first-order valence-electron chi connectivity index (χ1n) is 5.78. The maximum absolute atomic E-state index is 12.1. The molecule has 2 saturated carbocycles. The number of fused-ring (bicyclic) bond motifs is 5. The number of likely N-dealkylation sites (tertiary alicyclic amines) is 1. The molecule has 1 aliphatic heterocycles. The van der Waals surface area contributed by atoms with Gasteiger partial charge in [-0.25, -0.2) is 0 Å². The molecule has 2 bridgehead atoms. The van der Waals surface area contributed by atoms with Crippen molar-refractivity contribution in [2.75, 3.05) is 6.54 Å². The van der Waals surface area contributed by atoms with E-state index in [1.807, 2.05) is 0 Å². The molecule has 6 atom stereocenters. The van der Waals surface area contributed by atoms with Gasteiger partial charge in [-0.05, 0) is 18.3 Å². The number of carbonyl (C=O) groups is 3. The van der Waals surface area contributed by atoms with Crippen LogP contribution in [0.2, 0.25) is 0 Å². The summed E-state index contributed by atoms with van der Waals surface area (Å²) < 4.78 is 0. The van der Waals surface area contributed by atoms with Crippen molar-refractivity contribution >= 4 is 41.0 Å². The van der Waals surface area contributed by atoms with E-state index in [0.717, 1.165) is 4.90 Å². The average molecular weight is 292 g/mol. The van der Waals surface area contributed by atoms with Gasteiger partial charge in [0, 0.05) is 0 Å². The Bertz CT molecular complexity index is 422. The highest BCUT2D eigenvalue weighted by atomic mass is 35.5. The van der Waals surface area contributed by atoms with Gasteiger partial charge in [-0.3, -0.25) is 19.3 Å². The Hall–Kier alpha value is -0.810. The zero-order valence-electron chi connectivity index (χ0n) is 9.25. The number of hydrogen-bond donors (Lipinski definition) is 1. The van der Waals surface area contributed by atoms with Gasteiger partial charge in [-0.2, -0.15) is 0 Å². The Morgan fingerprint density at radius 3 is 2.00 bits per heavy atom. The summed E-state index contributed by atoms with van der Waals surface area (Å²) in [7, 11) is 0. The third-order valence-corrected chi connectivity index (χ3v) is 5.69. The van der Waals surface area contributed by atoms with Crippen molar-refractivity contribution in [1.29, 1.82) is 0 Å². The number of imide groups is 1. The second kappa shape index (κ2) is 3.84. The van der Waals surface area contributed by atoms with Crippen LogP contribution in [0.5, 0.6) is 0 Å². The fourth-order valence-electron chi connectivity index (χ4n) is 3.70. The number of rotatable bonds is 2. The minimum atomic E-state index is -1.19. The van der Waals surface area contributed by atoms with Gasteiger partial charge >= 0.3 is 5.97 Å². The molecule has 3 rings (SSSR count). The lowest BCUT2D eigenvalue weighted by molar-refractivity contribution is -0.149. The van der Waals surface area contributed by atoms with E-state index in [-0.39, 0.29) is 22.6 Å². The van der Waals surface area contributed by atoms with Crippen LogP contribution in [0.15, 0.2) is 0 Å². The van der Waals surface area contributed by atoms with Crippen LogP contribution in [0.1, 0.15) is 6.42 Å². The molecule has 3 fully saturated rings. The smallest absolute Gasteiger partial charge is 0.323 e. The number of nitrogens with zero attached hydrogens (tertiary/aromatic N) is 1. The minimum absolute atomic E-state index is 0.0978. The van der Waals surface area contributed by atoms with Crippen molar-refractivity contribution in [3.63, 3.8) is 0 Å². The van der Waals surface area contributed by atoms with E-state index in [0.29, 0.717) is 6.42 Å². The number of halogens is 2. The predicted molar refractivity (Wildman–Crippen MR) is 62.2 cm³/mol. The highest BCUT2D eigenvalue weighted by Crippen LogP contribution is 2.59. The molecule has 0 aromatic heterocycles. The molecule has 3 aliphatic rings. The molecule has 7 heteroatoms. The molecule has 1 N–H and O–H groups in total. The van der Waals surface area contributed by atoms with E-state index >= 15 is 0 Å². The molecule has 1 heterocycles. The summed E-state index contributed by atoms with van der Waals surface area (Å²) >= 11 is 12.3. The topological polar surface area (TPSA) is 74.7 Å². The van der Waals surface area contributed by atoms with Gasteiger partial charge in [-0.15, -0.1) is 23.2 Å². The summed E-state index contributed by atoms with van der Waals surface area (Å²) in [6.07, 6.45) is 0.691. The van der Waals surface area contributed by atoms with Crippen LogP contribution in [0.3, 0.4) is 0 Å². The molecule has 0 unspecified atom stereocenters. The van der Waals surface area contributed by atoms with Crippen LogP contribution in [0.4, 0.5) is 0 Å². The van der Waals surface area contributed by atoms with Gasteiger partial charge in [-0.1, -0.05) is 0 Å². The Morgan fingerprint density at radius 1 is 1.17 bits per heavy atom. The van der Waals surface area contributed by atoms with Gasteiger partial charge in [0.05, 0.1) is 22.6 Å². The monoisotopic (exact) mass is 291 g/mol.